The standard InChI is InChI=1S/C24H33N5O.HI/c1-2-25-24(26-18-21-10-7-9-20-8-3-4-11-22(20)21)29-16-14-27(15-17-29)19-23(30)28-12-5-6-13-28;/h3-4,7-11H,2,5-6,12-19H2,1H3,(H,25,26);1H. The van der Waals surface area contributed by atoms with Crippen molar-refractivity contribution >= 4 is 46.6 Å². The van der Waals surface area contributed by atoms with Crippen LogP contribution in [0.4, 0.5) is 0 Å². The van der Waals surface area contributed by atoms with Gasteiger partial charge in [0.1, 0.15) is 0 Å². The van der Waals surface area contributed by atoms with Gasteiger partial charge in [-0.1, -0.05) is 42.5 Å². The maximum Gasteiger partial charge on any atom is 0.236 e. The summed E-state index contributed by atoms with van der Waals surface area (Å²) in [5, 5.41) is 5.98. The van der Waals surface area contributed by atoms with Crippen molar-refractivity contribution in [2.24, 2.45) is 4.99 Å². The summed E-state index contributed by atoms with van der Waals surface area (Å²) >= 11 is 0. The lowest BCUT2D eigenvalue weighted by atomic mass is 10.1. The number of nitrogens with zero attached hydrogens (tertiary/aromatic N) is 4. The number of nitrogens with one attached hydrogen (secondary N) is 1. The summed E-state index contributed by atoms with van der Waals surface area (Å²) in [5.41, 5.74) is 1.25. The van der Waals surface area contributed by atoms with E-state index in [-0.39, 0.29) is 29.9 Å². The average molecular weight is 535 g/mol. The molecule has 0 aliphatic carbocycles. The molecule has 0 aromatic heterocycles. The van der Waals surface area contributed by atoms with Gasteiger partial charge >= 0.3 is 0 Å². The van der Waals surface area contributed by atoms with E-state index in [1.54, 1.807) is 0 Å². The molecule has 1 N–H and O–H groups in total. The fraction of sp³-hybridized carbons (Fsp3) is 0.500. The van der Waals surface area contributed by atoms with Gasteiger partial charge in [0.25, 0.3) is 0 Å². The molecule has 2 saturated heterocycles. The van der Waals surface area contributed by atoms with Gasteiger partial charge in [-0.25, -0.2) is 4.99 Å². The van der Waals surface area contributed by atoms with Crippen LogP contribution in [0.5, 0.6) is 0 Å². The van der Waals surface area contributed by atoms with Crippen LogP contribution in [0.1, 0.15) is 25.3 Å². The van der Waals surface area contributed by atoms with E-state index < -0.39 is 0 Å². The van der Waals surface area contributed by atoms with Crippen molar-refractivity contribution in [1.82, 2.24) is 20.0 Å². The zero-order valence-corrected chi connectivity index (χ0v) is 20.8. The second-order valence-corrected chi connectivity index (χ2v) is 8.16. The summed E-state index contributed by atoms with van der Waals surface area (Å²) in [6, 6.07) is 14.9. The summed E-state index contributed by atoms with van der Waals surface area (Å²) in [7, 11) is 0. The molecule has 0 radical (unpaired) electrons. The fourth-order valence-electron chi connectivity index (χ4n) is 4.39. The molecule has 2 fully saturated rings. The number of fused-ring (bicyclic) bond motifs is 1. The highest BCUT2D eigenvalue weighted by atomic mass is 127. The first-order valence-electron chi connectivity index (χ1n) is 11.2. The van der Waals surface area contributed by atoms with E-state index in [9.17, 15) is 4.79 Å². The predicted molar refractivity (Wildman–Crippen MR) is 138 cm³/mol. The zero-order chi connectivity index (χ0) is 20.8. The Morgan fingerprint density at radius 2 is 1.65 bits per heavy atom. The molecule has 2 aliphatic heterocycles. The number of carbonyl (C=O) groups is 1. The third kappa shape index (κ3) is 6.10. The highest BCUT2D eigenvalue weighted by molar-refractivity contribution is 14.0. The largest absolute Gasteiger partial charge is 0.357 e. The summed E-state index contributed by atoms with van der Waals surface area (Å²) in [5.74, 6) is 1.26. The third-order valence-electron chi connectivity index (χ3n) is 6.10. The second-order valence-electron chi connectivity index (χ2n) is 8.16. The Bertz CT molecular complexity index is 883. The van der Waals surface area contributed by atoms with E-state index in [2.05, 4.69) is 64.5 Å². The number of guanidine groups is 1. The van der Waals surface area contributed by atoms with Crippen LogP contribution in [0, 0.1) is 0 Å². The van der Waals surface area contributed by atoms with Gasteiger partial charge in [0, 0.05) is 45.8 Å². The molecular formula is C24H34IN5O. The first-order valence-corrected chi connectivity index (χ1v) is 11.2. The van der Waals surface area contributed by atoms with Gasteiger partial charge in [0.15, 0.2) is 5.96 Å². The highest BCUT2D eigenvalue weighted by Gasteiger charge is 2.24. The number of rotatable bonds is 5. The molecule has 1 amide bonds. The zero-order valence-electron chi connectivity index (χ0n) is 18.4. The number of hydrogen-bond acceptors (Lipinski definition) is 3. The van der Waals surface area contributed by atoms with E-state index in [1.807, 2.05) is 4.90 Å². The van der Waals surface area contributed by atoms with E-state index in [0.717, 1.165) is 64.6 Å². The molecule has 2 heterocycles. The second kappa shape index (κ2) is 11.7. The number of likely N-dealkylation sites (tertiary alicyclic amines) is 1. The number of hydrogen-bond donors (Lipinski definition) is 1. The molecule has 6 nitrogen and oxygen atoms in total. The van der Waals surface area contributed by atoms with Gasteiger partial charge < -0.3 is 15.1 Å². The quantitative estimate of drug-likeness (QED) is 0.363. The van der Waals surface area contributed by atoms with Crippen molar-refractivity contribution in [3.63, 3.8) is 0 Å². The first-order chi connectivity index (χ1) is 14.7. The maximum absolute atomic E-state index is 12.4. The molecular weight excluding hydrogens is 501 g/mol. The summed E-state index contributed by atoms with van der Waals surface area (Å²) in [4.78, 5) is 24.0. The van der Waals surface area contributed by atoms with Crippen LogP contribution >= 0.6 is 24.0 Å². The molecule has 0 atom stereocenters. The minimum atomic E-state index is 0. The smallest absolute Gasteiger partial charge is 0.236 e. The van der Waals surface area contributed by atoms with Gasteiger partial charge in [0.2, 0.25) is 5.91 Å². The fourth-order valence-corrected chi connectivity index (χ4v) is 4.39. The van der Waals surface area contributed by atoms with Crippen LogP contribution in [-0.4, -0.2) is 78.9 Å². The van der Waals surface area contributed by atoms with E-state index in [1.165, 1.54) is 16.3 Å². The van der Waals surface area contributed by atoms with Crippen LogP contribution in [0.3, 0.4) is 0 Å². The molecule has 0 spiro atoms. The van der Waals surface area contributed by atoms with Crippen LogP contribution in [-0.2, 0) is 11.3 Å². The SMILES string of the molecule is CCNC(=NCc1cccc2ccccc12)N1CCN(CC(=O)N2CCCC2)CC1.I. The van der Waals surface area contributed by atoms with Gasteiger partial charge in [-0.15, -0.1) is 24.0 Å². The summed E-state index contributed by atoms with van der Waals surface area (Å²) in [6.45, 7) is 9.64. The number of halogens is 1. The molecule has 31 heavy (non-hydrogen) atoms. The predicted octanol–water partition coefficient (Wildman–Crippen LogP) is 3.16. The summed E-state index contributed by atoms with van der Waals surface area (Å²) in [6.07, 6.45) is 2.30. The van der Waals surface area contributed by atoms with E-state index >= 15 is 0 Å². The number of carbonyl (C=O) groups excluding carboxylic acids is 1. The number of piperazine rings is 1. The first kappa shape index (κ1) is 23.8. The Hall–Kier alpha value is -1.87. The van der Waals surface area contributed by atoms with Gasteiger partial charge in [-0.05, 0) is 36.1 Å². The van der Waals surface area contributed by atoms with Crippen molar-refractivity contribution in [2.45, 2.75) is 26.3 Å². The lowest BCUT2D eigenvalue weighted by Crippen LogP contribution is -2.54. The van der Waals surface area contributed by atoms with Crippen LogP contribution in [0.15, 0.2) is 47.5 Å². The maximum atomic E-state index is 12.4. The number of benzene rings is 2. The average Bonchev–Trinajstić information content (AvgIpc) is 3.32. The van der Waals surface area contributed by atoms with E-state index in [4.69, 9.17) is 4.99 Å². The molecule has 2 aromatic carbocycles. The summed E-state index contributed by atoms with van der Waals surface area (Å²) < 4.78 is 0. The molecule has 0 saturated carbocycles. The van der Waals surface area contributed by atoms with Crippen molar-refractivity contribution in [3.05, 3.63) is 48.0 Å². The van der Waals surface area contributed by atoms with Crippen molar-refractivity contribution in [2.75, 3.05) is 52.4 Å². The van der Waals surface area contributed by atoms with Crippen LogP contribution in [0.2, 0.25) is 0 Å². The minimum Gasteiger partial charge on any atom is -0.357 e. The molecule has 168 valence electrons. The Morgan fingerprint density at radius 1 is 0.935 bits per heavy atom. The van der Waals surface area contributed by atoms with Gasteiger partial charge in [0.05, 0.1) is 13.1 Å². The normalized spacial score (nSPS) is 17.6. The Morgan fingerprint density at radius 3 is 2.39 bits per heavy atom. The van der Waals surface area contributed by atoms with E-state index in [0.29, 0.717) is 13.1 Å². The number of amides is 1. The van der Waals surface area contributed by atoms with Gasteiger partial charge in [-0.3, -0.25) is 9.69 Å². The monoisotopic (exact) mass is 535 g/mol. The molecule has 7 heteroatoms. The molecule has 2 aliphatic rings. The number of aliphatic imine (C=N–C) groups is 1. The van der Waals surface area contributed by atoms with Crippen molar-refractivity contribution in [1.29, 1.82) is 0 Å². The van der Waals surface area contributed by atoms with Crippen molar-refractivity contribution < 1.29 is 4.79 Å². The van der Waals surface area contributed by atoms with Crippen LogP contribution < -0.4 is 5.32 Å². The van der Waals surface area contributed by atoms with Crippen LogP contribution in [0.25, 0.3) is 10.8 Å². The van der Waals surface area contributed by atoms with Gasteiger partial charge in [-0.2, -0.15) is 0 Å². The lowest BCUT2D eigenvalue weighted by molar-refractivity contribution is -0.131. The Kier molecular flexibility index (Phi) is 8.95. The molecule has 2 aromatic rings. The van der Waals surface area contributed by atoms with Crippen molar-refractivity contribution in [3.8, 4) is 0 Å². The molecule has 0 unspecified atom stereocenters. The topological polar surface area (TPSA) is 51.2 Å². The Labute approximate surface area is 202 Å². The third-order valence-corrected chi connectivity index (χ3v) is 6.10. The minimum absolute atomic E-state index is 0. The Balaban J connectivity index is 0.00000272. The molecule has 4 rings (SSSR count). The highest BCUT2D eigenvalue weighted by Crippen LogP contribution is 2.19. The lowest BCUT2D eigenvalue weighted by Gasteiger charge is -2.36. The molecule has 0 bridgehead atoms.